The van der Waals surface area contributed by atoms with Crippen LogP contribution in [0.2, 0.25) is 0 Å². The van der Waals surface area contributed by atoms with Gasteiger partial charge in [0.2, 0.25) is 5.91 Å². The van der Waals surface area contributed by atoms with Crippen molar-refractivity contribution in [1.29, 1.82) is 0 Å². The molecule has 3 heteroatoms. The summed E-state index contributed by atoms with van der Waals surface area (Å²) in [5.41, 5.74) is 0. The molecule has 0 aromatic rings. The predicted molar refractivity (Wildman–Crippen MR) is 55.7 cm³/mol. The molecule has 0 aliphatic carbocycles. The van der Waals surface area contributed by atoms with Crippen molar-refractivity contribution in [3.05, 3.63) is 0 Å². The topological polar surface area (TPSA) is 20.3 Å². The van der Waals surface area contributed by atoms with E-state index in [1.807, 2.05) is 6.92 Å². The van der Waals surface area contributed by atoms with Crippen LogP contribution in [0.3, 0.4) is 0 Å². The van der Waals surface area contributed by atoms with Gasteiger partial charge in [0.05, 0.1) is 6.54 Å². The van der Waals surface area contributed by atoms with Crippen molar-refractivity contribution in [3.8, 4) is 12.3 Å². The van der Waals surface area contributed by atoms with E-state index in [4.69, 9.17) is 18.0 Å². The van der Waals surface area contributed by atoms with Crippen molar-refractivity contribution in [2.75, 3.05) is 19.0 Å². The average molecular weight is 202 g/mol. The van der Waals surface area contributed by atoms with Crippen LogP contribution < -0.4 is 0 Å². The summed E-state index contributed by atoms with van der Waals surface area (Å²) in [6.45, 7) is 3.02. The first-order valence-corrected chi connectivity index (χ1v) is 5.06. The SMILES string of the molecule is C#CCN(CC)C(=O)CCCCCl. The normalized spacial score (nSPS) is 9.31. The van der Waals surface area contributed by atoms with Crippen molar-refractivity contribution in [3.63, 3.8) is 0 Å². The maximum absolute atomic E-state index is 11.4. The largest absolute Gasteiger partial charge is 0.332 e. The smallest absolute Gasteiger partial charge is 0.223 e. The van der Waals surface area contributed by atoms with Crippen LogP contribution >= 0.6 is 11.6 Å². The molecular formula is C10H16ClNO. The summed E-state index contributed by atoms with van der Waals surface area (Å²) in [5, 5.41) is 0. The Morgan fingerprint density at radius 3 is 2.69 bits per heavy atom. The first-order valence-electron chi connectivity index (χ1n) is 4.53. The molecule has 1 amide bonds. The third-order valence-electron chi connectivity index (χ3n) is 1.79. The molecule has 2 nitrogen and oxygen atoms in total. The molecule has 0 fully saturated rings. The maximum atomic E-state index is 11.4. The molecule has 0 heterocycles. The van der Waals surface area contributed by atoms with Gasteiger partial charge in [0.25, 0.3) is 0 Å². The van der Waals surface area contributed by atoms with E-state index in [1.165, 1.54) is 0 Å². The van der Waals surface area contributed by atoms with Crippen LogP contribution in [0, 0.1) is 12.3 Å². The molecule has 0 aliphatic heterocycles. The van der Waals surface area contributed by atoms with Crippen molar-refractivity contribution < 1.29 is 4.79 Å². The Morgan fingerprint density at radius 2 is 2.23 bits per heavy atom. The highest BCUT2D eigenvalue weighted by molar-refractivity contribution is 6.17. The average Bonchev–Trinajstić information content (AvgIpc) is 2.14. The first kappa shape index (κ1) is 12.3. The zero-order valence-corrected chi connectivity index (χ0v) is 8.81. The van der Waals surface area contributed by atoms with Gasteiger partial charge in [0.15, 0.2) is 0 Å². The first-order chi connectivity index (χ1) is 6.26. The summed E-state index contributed by atoms with van der Waals surface area (Å²) in [4.78, 5) is 13.1. The number of hydrogen-bond acceptors (Lipinski definition) is 1. The molecule has 0 spiro atoms. The van der Waals surface area contributed by atoms with E-state index in [0.29, 0.717) is 25.4 Å². The van der Waals surface area contributed by atoms with Crippen LogP contribution in [0.25, 0.3) is 0 Å². The lowest BCUT2D eigenvalue weighted by molar-refractivity contribution is -0.130. The molecule has 0 aromatic heterocycles. The molecule has 0 unspecified atom stereocenters. The summed E-state index contributed by atoms with van der Waals surface area (Å²) in [6.07, 6.45) is 7.43. The second kappa shape index (κ2) is 7.94. The highest BCUT2D eigenvalue weighted by Crippen LogP contribution is 2.01. The Morgan fingerprint density at radius 1 is 1.54 bits per heavy atom. The second-order valence-corrected chi connectivity index (χ2v) is 3.14. The van der Waals surface area contributed by atoms with Gasteiger partial charge in [-0.15, -0.1) is 18.0 Å². The van der Waals surface area contributed by atoms with E-state index in [2.05, 4.69) is 5.92 Å². The zero-order chi connectivity index (χ0) is 10.1. The third-order valence-corrected chi connectivity index (χ3v) is 2.06. The van der Waals surface area contributed by atoms with Crippen LogP contribution in [0.1, 0.15) is 26.2 Å². The molecule has 74 valence electrons. The van der Waals surface area contributed by atoms with Crippen molar-refractivity contribution >= 4 is 17.5 Å². The fourth-order valence-corrected chi connectivity index (χ4v) is 1.20. The van der Waals surface area contributed by atoms with Gasteiger partial charge in [-0.1, -0.05) is 5.92 Å². The highest BCUT2D eigenvalue weighted by atomic mass is 35.5. The number of unbranched alkanes of at least 4 members (excludes halogenated alkanes) is 1. The summed E-state index contributed by atoms with van der Waals surface area (Å²) in [6, 6.07) is 0. The van der Waals surface area contributed by atoms with E-state index in [9.17, 15) is 4.79 Å². The van der Waals surface area contributed by atoms with Crippen molar-refractivity contribution in [2.24, 2.45) is 0 Å². The number of carbonyl (C=O) groups excluding carboxylic acids is 1. The van der Waals surface area contributed by atoms with Crippen LogP contribution in [-0.2, 0) is 4.79 Å². The minimum Gasteiger partial charge on any atom is -0.332 e. The predicted octanol–water partition coefficient (Wildman–Crippen LogP) is 1.88. The van der Waals surface area contributed by atoms with Gasteiger partial charge in [0, 0.05) is 18.8 Å². The minimum absolute atomic E-state index is 0.130. The van der Waals surface area contributed by atoms with Crippen LogP contribution in [0.5, 0.6) is 0 Å². The van der Waals surface area contributed by atoms with E-state index in [-0.39, 0.29) is 5.91 Å². The minimum atomic E-state index is 0.130. The van der Waals surface area contributed by atoms with Gasteiger partial charge < -0.3 is 4.90 Å². The zero-order valence-electron chi connectivity index (χ0n) is 8.05. The quantitative estimate of drug-likeness (QED) is 0.365. The number of hydrogen-bond donors (Lipinski definition) is 0. The number of nitrogens with zero attached hydrogens (tertiary/aromatic N) is 1. The number of rotatable bonds is 6. The summed E-state index contributed by atoms with van der Waals surface area (Å²) in [5.74, 6) is 3.22. The molecule has 0 N–H and O–H groups in total. The number of terminal acetylenes is 1. The number of alkyl halides is 1. The van der Waals surface area contributed by atoms with E-state index in [0.717, 1.165) is 12.8 Å². The lowest BCUT2D eigenvalue weighted by atomic mass is 10.2. The molecule has 0 atom stereocenters. The van der Waals surface area contributed by atoms with Gasteiger partial charge >= 0.3 is 0 Å². The van der Waals surface area contributed by atoms with Crippen molar-refractivity contribution in [2.45, 2.75) is 26.2 Å². The molecule has 0 saturated carbocycles. The van der Waals surface area contributed by atoms with Crippen LogP contribution in [0.4, 0.5) is 0 Å². The summed E-state index contributed by atoms with van der Waals surface area (Å²) < 4.78 is 0. The van der Waals surface area contributed by atoms with E-state index < -0.39 is 0 Å². The van der Waals surface area contributed by atoms with Gasteiger partial charge in [-0.25, -0.2) is 0 Å². The summed E-state index contributed by atoms with van der Waals surface area (Å²) in [7, 11) is 0. The number of halogens is 1. The van der Waals surface area contributed by atoms with Gasteiger partial charge in [0.1, 0.15) is 0 Å². The van der Waals surface area contributed by atoms with Crippen LogP contribution in [-0.4, -0.2) is 29.8 Å². The molecular weight excluding hydrogens is 186 g/mol. The monoisotopic (exact) mass is 201 g/mol. The van der Waals surface area contributed by atoms with Crippen LogP contribution in [0.15, 0.2) is 0 Å². The molecule has 0 radical (unpaired) electrons. The molecule has 0 rings (SSSR count). The molecule has 0 saturated heterocycles. The molecule has 0 aliphatic rings. The number of carbonyl (C=O) groups is 1. The lowest BCUT2D eigenvalue weighted by Crippen LogP contribution is -2.30. The molecule has 0 aromatic carbocycles. The van der Waals surface area contributed by atoms with Gasteiger partial charge in [-0.2, -0.15) is 0 Å². The van der Waals surface area contributed by atoms with Gasteiger partial charge in [-0.05, 0) is 19.8 Å². The Bertz CT molecular complexity index is 186. The van der Waals surface area contributed by atoms with E-state index >= 15 is 0 Å². The standard InChI is InChI=1S/C10H16ClNO/c1-3-9-12(4-2)10(13)7-5-6-8-11/h1H,4-9H2,2H3. The van der Waals surface area contributed by atoms with Crippen molar-refractivity contribution in [1.82, 2.24) is 4.90 Å². The summed E-state index contributed by atoms with van der Waals surface area (Å²) >= 11 is 5.50. The fourth-order valence-electron chi connectivity index (χ4n) is 1.02. The lowest BCUT2D eigenvalue weighted by Gasteiger charge is -2.17. The molecule has 13 heavy (non-hydrogen) atoms. The van der Waals surface area contributed by atoms with E-state index in [1.54, 1.807) is 4.90 Å². The molecule has 0 bridgehead atoms. The highest BCUT2D eigenvalue weighted by Gasteiger charge is 2.08. The Kier molecular flexibility index (Phi) is 7.53. The third kappa shape index (κ3) is 5.54. The Balaban J connectivity index is 3.72. The van der Waals surface area contributed by atoms with Gasteiger partial charge in [-0.3, -0.25) is 4.79 Å². The maximum Gasteiger partial charge on any atom is 0.223 e. The number of amides is 1. The fraction of sp³-hybridized carbons (Fsp3) is 0.700. The Labute approximate surface area is 85.2 Å². The second-order valence-electron chi connectivity index (χ2n) is 2.76. The Hall–Kier alpha value is -0.680.